The average molecular weight is 268 g/mol. The number of β-amino-alcohol motifs (C(OH)–C–C–N with tert-alkyl or cyclic N) is 1. The maximum atomic E-state index is 10.8. The van der Waals surface area contributed by atoms with Gasteiger partial charge in [0.15, 0.2) is 0 Å². The highest BCUT2D eigenvalue weighted by Gasteiger charge is 2.31. The number of hydrogen-bond acceptors (Lipinski definition) is 5. The van der Waals surface area contributed by atoms with Crippen molar-refractivity contribution in [3.63, 3.8) is 0 Å². The van der Waals surface area contributed by atoms with Crippen molar-refractivity contribution < 1.29 is 19.4 Å². The molecule has 106 valence electrons. The largest absolute Gasteiger partial charge is 0.478 e. The maximum absolute atomic E-state index is 10.8. The first-order valence-electron chi connectivity index (χ1n) is 6.33. The average Bonchev–Trinajstić information content (AvgIpc) is 2.86. The van der Waals surface area contributed by atoms with E-state index in [9.17, 15) is 9.90 Å². The number of furan rings is 1. The Labute approximate surface area is 112 Å². The number of nitrogens with zero attached hydrogens (tertiary/aromatic N) is 2. The molecule has 2 heterocycles. The van der Waals surface area contributed by atoms with Gasteiger partial charge in [-0.1, -0.05) is 0 Å². The molecule has 1 aromatic rings. The highest BCUT2D eigenvalue weighted by molar-refractivity contribution is 5.87. The lowest BCUT2D eigenvalue weighted by Crippen LogP contribution is -2.37. The van der Waals surface area contributed by atoms with Gasteiger partial charge in [0.2, 0.25) is 0 Å². The van der Waals surface area contributed by atoms with E-state index in [1.807, 2.05) is 14.1 Å². The van der Waals surface area contributed by atoms with Crippen LogP contribution < -0.4 is 0 Å². The predicted octanol–water partition coefficient (Wildman–Crippen LogP) is 0.475. The van der Waals surface area contributed by atoms with Gasteiger partial charge in [0, 0.05) is 19.1 Å². The molecule has 2 unspecified atom stereocenters. The molecule has 1 aliphatic rings. The third kappa shape index (κ3) is 3.56. The molecule has 0 aliphatic carbocycles. The van der Waals surface area contributed by atoms with Crippen molar-refractivity contribution in [1.29, 1.82) is 0 Å². The number of carboxylic acid groups (broad SMARTS) is 1. The molecule has 0 amide bonds. The summed E-state index contributed by atoms with van der Waals surface area (Å²) in [7, 11) is 4.00. The normalized spacial score (nSPS) is 24.2. The van der Waals surface area contributed by atoms with Crippen LogP contribution >= 0.6 is 0 Å². The molecule has 19 heavy (non-hydrogen) atoms. The van der Waals surface area contributed by atoms with Crippen LogP contribution in [0.4, 0.5) is 0 Å². The molecule has 1 aromatic heterocycles. The van der Waals surface area contributed by atoms with Crippen LogP contribution in [0.2, 0.25) is 0 Å². The number of likely N-dealkylation sites (N-methyl/N-ethyl adjacent to an activating group) is 1. The monoisotopic (exact) mass is 268 g/mol. The molecule has 0 aromatic carbocycles. The molecule has 0 spiro atoms. The summed E-state index contributed by atoms with van der Waals surface area (Å²) in [6, 6.07) is 1.81. The van der Waals surface area contributed by atoms with Gasteiger partial charge >= 0.3 is 5.97 Å². The van der Waals surface area contributed by atoms with Gasteiger partial charge in [-0.15, -0.1) is 0 Å². The number of hydrogen-bond donors (Lipinski definition) is 2. The number of likely N-dealkylation sites (tertiary alicyclic amines) is 1. The van der Waals surface area contributed by atoms with E-state index in [0.29, 0.717) is 18.8 Å². The van der Waals surface area contributed by atoms with E-state index >= 15 is 0 Å². The molecule has 2 atom stereocenters. The zero-order valence-corrected chi connectivity index (χ0v) is 11.2. The Morgan fingerprint density at radius 2 is 2.32 bits per heavy atom. The van der Waals surface area contributed by atoms with Gasteiger partial charge in [0.05, 0.1) is 18.2 Å². The molecule has 2 rings (SSSR count). The van der Waals surface area contributed by atoms with Crippen molar-refractivity contribution in [2.45, 2.75) is 25.1 Å². The van der Waals surface area contributed by atoms with Gasteiger partial charge in [-0.3, -0.25) is 4.90 Å². The van der Waals surface area contributed by atoms with Crippen LogP contribution in [0.15, 0.2) is 16.7 Å². The predicted molar refractivity (Wildman–Crippen MR) is 69.0 cm³/mol. The van der Waals surface area contributed by atoms with E-state index in [1.54, 1.807) is 6.07 Å². The van der Waals surface area contributed by atoms with Gasteiger partial charge in [-0.25, -0.2) is 4.79 Å². The highest BCUT2D eigenvalue weighted by atomic mass is 16.4. The van der Waals surface area contributed by atoms with Crippen LogP contribution in [-0.4, -0.2) is 65.3 Å². The van der Waals surface area contributed by atoms with Crippen LogP contribution in [-0.2, 0) is 6.54 Å². The van der Waals surface area contributed by atoms with E-state index in [1.165, 1.54) is 6.26 Å². The van der Waals surface area contributed by atoms with Crippen molar-refractivity contribution in [3.8, 4) is 0 Å². The van der Waals surface area contributed by atoms with Gasteiger partial charge in [0.25, 0.3) is 0 Å². The minimum atomic E-state index is -0.985. The van der Waals surface area contributed by atoms with E-state index in [4.69, 9.17) is 9.52 Å². The quantitative estimate of drug-likeness (QED) is 0.808. The summed E-state index contributed by atoms with van der Waals surface area (Å²) in [6.07, 6.45) is 1.68. The molecule has 6 heteroatoms. The number of carbonyl (C=O) groups is 1. The van der Waals surface area contributed by atoms with Crippen molar-refractivity contribution in [2.75, 3.05) is 27.2 Å². The fourth-order valence-corrected chi connectivity index (χ4v) is 2.54. The summed E-state index contributed by atoms with van der Waals surface area (Å²) < 4.78 is 5.26. The molecule has 0 saturated carbocycles. The SMILES string of the molecule is CN(C)CC1CC(O)CN1Cc1cc(C(=O)O)co1. The van der Waals surface area contributed by atoms with Crippen LogP contribution in [0, 0.1) is 0 Å². The van der Waals surface area contributed by atoms with Gasteiger partial charge in [-0.05, 0) is 26.6 Å². The number of aliphatic hydroxyl groups excluding tert-OH is 1. The van der Waals surface area contributed by atoms with Crippen LogP contribution in [0.3, 0.4) is 0 Å². The highest BCUT2D eigenvalue weighted by Crippen LogP contribution is 2.22. The molecule has 0 radical (unpaired) electrons. The first-order valence-corrected chi connectivity index (χ1v) is 6.33. The second-order valence-corrected chi connectivity index (χ2v) is 5.34. The lowest BCUT2D eigenvalue weighted by molar-refractivity contribution is 0.0696. The van der Waals surface area contributed by atoms with Gasteiger partial charge < -0.3 is 19.5 Å². The smallest absolute Gasteiger partial charge is 0.338 e. The molecular formula is C13H20N2O4. The second-order valence-electron chi connectivity index (χ2n) is 5.34. The Kier molecular flexibility index (Phi) is 4.24. The van der Waals surface area contributed by atoms with E-state index in [2.05, 4.69) is 9.80 Å². The first kappa shape index (κ1) is 14.0. The summed E-state index contributed by atoms with van der Waals surface area (Å²) in [6.45, 7) is 1.99. The molecule has 2 N–H and O–H groups in total. The standard InChI is InChI=1S/C13H20N2O4/c1-14(2)5-10-4-11(16)6-15(10)7-12-3-9(8-19-12)13(17)18/h3,8,10-11,16H,4-7H2,1-2H3,(H,17,18). The van der Waals surface area contributed by atoms with E-state index in [0.717, 1.165) is 13.0 Å². The summed E-state index contributed by atoms with van der Waals surface area (Å²) in [5.41, 5.74) is 0.166. The lowest BCUT2D eigenvalue weighted by Gasteiger charge is -2.25. The Bertz CT molecular complexity index is 444. The number of aromatic carboxylic acids is 1. The molecule has 1 saturated heterocycles. The van der Waals surface area contributed by atoms with Crippen molar-refractivity contribution in [3.05, 3.63) is 23.7 Å². The number of aliphatic hydroxyl groups is 1. The van der Waals surface area contributed by atoms with Crippen molar-refractivity contribution in [1.82, 2.24) is 9.80 Å². The minimum Gasteiger partial charge on any atom is -0.478 e. The van der Waals surface area contributed by atoms with Crippen LogP contribution in [0.25, 0.3) is 0 Å². The van der Waals surface area contributed by atoms with Gasteiger partial charge in [-0.2, -0.15) is 0 Å². The molecule has 6 nitrogen and oxygen atoms in total. The summed E-state index contributed by atoms with van der Waals surface area (Å²) >= 11 is 0. The Morgan fingerprint density at radius 1 is 1.58 bits per heavy atom. The Morgan fingerprint density at radius 3 is 2.89 bits per heavy atom. The molecule has 1 aliphatic heterocycles. The number of carboxylic acids is 1. The third-order valence-corrected chi connectivity index (χ3v) is 3.34. The zero-order chi connectivity index (χ0) is 14.0. The fourth-order valence-electron chi connectivity index (χ4n) is 2.54. The summed E-state index contributed by atoms with van der Waals surface area (Å²) in [5, 5.41) is 18.6. The molecular weight excluding hydrogens is 248 g/mol. The van der Waals surface area contributed by atoms with E-state index in [-0.39, 0.29) is 17.7 Å². The lowest BCUT2D eigenvalue weighted by atomic mass is 10.2. The Balaban J connectivity index is 2.01. The maximum Gasteiger partial charge on any atom is 0.338 e. The van der Waals surface area contributed by atoms with Crippen molar-refractivity contribution >= 4 is 5.97 Å². The van der Waals surface area contributed by atoms with Crippen molar-refractivity contribution in [2.24, 2.45) is 0 Å². The molecule has 0 bridgehead atoms. The first-order chi connectivity index (χ1) is 8.95. The Hall–Kier alpha value is -1.37. The third-order valence-electron chi connectivity index (χ3n) is 3.34. The van der Waals surface area contributed by atoms with Crippen LogP contribution in [0.1, 0.15) is 22.5 Å². The summed E-state index contributed by atoms with van der Waals surface area (Å²) in [4.78, 5) is 15.0. The fraction of sp³-hybridized carbons (Fsp3) is 0.615. The zero-order valence-electron chi connectivity index (χ0n) is 11.2. The molecule has 1 fully saturated rings. The van der Waals surface area contributed by atoms with Gasteiger partial charge in [0.1, 0.15) is 12.0 Å². The topological polar surface area (TPSA) is 77.2 Å². The minimum absolute atomic E-state index is 0.166. The number of rotatable bonds is 5. The summed E-state index contributed by atoms with van der Waals surface area (Å²) in [5.74, 6) is -0.364. The second kappa shape index (κ2) is 5.73. The van der Waals surface area contributed by atoms with E-state index < -0.39 is 5.97 Å². The van der Waals surface area contributed by atoms with Crippen LogP contribution in [0.5, 0.6) is 0 Å².